The summed E-state index contributed by atoms with van der Waals surface area (Å²) in [7, 11) is 3.87. The van der Waals surface area contributed by atoms with E-state index in [9.17, 15) is 4.79 Å². The first-order valence-electron chi connectivity index (χ1n) is 6.76. The van der Waals surface area contributed by atoms with Crippen LogP contribution in [0.3, 0.4) is 0 Å². The van der Waals surface area contributed by atoms with E-state index in [-0.39, 0.29) is 5.91 Å². The fourth-order valence-electron chi connectivity index (χ4n) is 2.64. The summed E-state index contributed by atoms with van der Waals surface area (Å²) in [6.45, 7) is 0. The summed E-state index contributed by atoms with van der Waals surface area (Å²) in [5.74, 6) is -0.0943. The molecule has 1 heterocycles. The summed E-state index contributed by atoms with van der Waals surface area (Å²) in [6.07, 6.45) is 0. The monoisotopic (exact) mass is 279 g/mol. The average Bonchev–Trinajstić information content (AvgIpc) is 2.77. The molecule has 1 aliphatic heterocycles. The number of nitrogens with zero attached hydrogens (tertiary/aromatic N) is 1. The van der Waals surface area contributed by atoms with Crippen molar-refractivity contribution in [2.24, 2.45) is 0 Å². The lowest BCUT2D eigenvalue weighted by Crippen LogP contribution is -2.15. The summed E-state index contributed by atoms with van der Waals surface area (Å²) >= 11 is 0. The molecule has 0 unspecified atom stereocenters. The summed E-state index contributed by atoms with van der Waals surface area (Å²) in [5, 5.41) is 2.90. The van der Waals surface area contributed by atoms with Gasteiger partial charge in [-0.1, -0.05) is 30.3 Å². The average molecular weight is 279 g/mol. The molecule has 4 nitrogen and oxygen atoms in total. The van der Waals surface area contributed by atoms with Crippen LogP contribution in [0.5, 0.6) is 0 Å². The first kappa shape index (κ1) is 13.2. The molecule has 0 fully saturated rings. The topological polar surface area (TPSA) is 58.4 Å². The Morgan fingerprint density at radius 3 is 2.48 bits per heavy atom. The Morgan fingerprint density at radius 2 is 1.81 bits per heavy atom. The second kappa shape index (κ2) is 4.98. The number of amides is 1. The summed E-state index contributed by atoms with van der Waals surface area (Å²) in [4.78, 5) is 14.4. The third-order valence-corrected chi connectivity index (χ3v) is 3.52. The summed E-state index contributed by atoms with van der Waals surface area (Å²) in [5.41, 5.74) is 10.7. The van der Waals surface area contributed by atoms with Crippen LogP contribution in [0.25, 0.3) is 11.3 Å². The van der Waals surface area contributed by atoms with Crippen molar-refractivity contribution in [3.63, 3.8) is 0 Å². The number of benzene rings is 2. The highest BCUT2D eigenvalue weighted by atomic mass is 16.2. The van der Waals surface area contributed by atoms with E-state index in [1.165, 1.54) is 0 Å². The number of anilines is 2. The molecule has 3 N–H and O–H groups in total. The Hall–Kier alpha value is -2.75. The number of hydrogen-bond donors (Lipinski definition) is 2. The van der Waals surface area contributed by atoms with Crippen LogP contribution in [0.2, 0.25) is 0 Å². The van der Waals surface area contributed by atoms with Crippen LogP contribution >= 0.6 is 0 Å². The molecule has 4 heteroatoms. The first-order valence-corrected chi connectivity index (χ1v) is 6.76. The molecule has 0 aliphatic carbocycles. The van der Waals surface area contributed by atoms with E-state index in [0.717, 1.165) is 22.5 Å². The second-order valence-electron chi connectivity index (χ2n) is 5.24. The highest BCUT2D eigenvalue weighted by Crippen LogP contribution is 2.38. The molecule has 3 rings (SSSR count). The predicted molar refractivity (Wildman–Crippen MR) is 86.4 cm³/mol. The minimum Gasteiger partial charge on any atom is -0.399 e. The van der Waals surface area contributed by atoms with Crippen LogP contribution in [0.15, 0.2) is 48.5 Å². The molecule has 2 aromatic carbocycles. The van der Waals surface area contributed by atoms with E-state index in [1.54, 1.807) is 6.07 Å². The molecule has 0 radical (unpaired) electrons. The Balaban J connectivity index is 2.29. The van der Waals surface area contributed by atoms with E-state index in [1.807, 2.05) is 61.5 Å². The maximum atomic E-state index is 12.4. The van der Waals surface area contributed by atoms with Crippen molar-refractivity contribution in [2.75, 3.05) is 25.1 Å². The normalized spacial score (nSPS) is 15.4. The molecule has 106 valence electrons. The largest absolute Gasteiger partial charge is 0.399 e. The molecular formula is C17H17N3O. The van der Waals surface area contributed by atoms with Crippen molar-refractivity contribution >= 4 is 28.6 Å². The minimum atomic E-state index is -0.0943. The van der Waals surface area contributed by atoms with Gasteiger partial charge in [-0.05, 0) is 23.8 Å². The molecule has 1 aliphatic rings. The highest BCUT2D eigenvalue weighted by molar-refractivity contribution is 6.36. The Kier molecular flexibility index (Phi) is 3.14. The molecule has 0 spiro atoms. The van der Waals surface area contributed by atoms with Gasteiger partial charge < -0.3 is 16.0 Å². The zero-order valence-corrected chi connectivity index (χ0v) is 12.1. The molecule has 1 amide bonds. The smallest absolute Gasteiger partial charge is 0.258 e. The van der Waals surface area contributed by atoms with Gasteiger partial charge in [0.05, 0.1) is 11.3 Å². The Bertz CT molecular complexity index is 733. The molecular weight excluding hydrogens is 262 g/mol. The molecule has 0 aromatic heterocycles. The number of rotatable bonds is 2. The lowest BCUT2D eigenvalue weighted by molar-refractivity contribution is -0.110. The van der Waals surface area contributed by atoms with E-state index in [4.69, 9.17) is 5.73 Å². The molecule has 2 aromatic rings. The maximum Gasteiger partial charge on any atom is 0.258 e. The lowest BCUT2D eigenvalue weighted by Gasteiger charge is -2.20. The van der Waals surface area contributed by atoms with Crippen molar-refractivity contribution in [3.8, 4) is 0 Å². The number of carbonyl (C=O) groups excluding carboxylic acids is 1. The number of fused-ring (bicyclic) bond motifs is 1. The standard InChI is InChI=1S/C17H17N3O/c1-20(2)16(11-6-4-3-5-7-11)15-13-10-12(18)8-9-14(13)19-17(15)21/h3-10H,18H2,1-2H3,(H,19,21). The van der Waals surface area contributed by atoms with E-state index >= 15 is 0 Å². The Labute approximate surface area is 123 Å². The minimum absolute atomic E-state index is 0.0943. The van der Waals surface area contributed by atoms with Crippen LogP contribution in [0.1, 0.15) is 11.1 Å². The molecule has 0 saturated carbocycles. The Morgan fingerprint density at radius 1 is 1.10 bits per heavy atom. The third kappa shape index (κ3) is 2.25. The fraction of sp³-hybridized carbons (Fsp3) is 0.118. The van der Waals surface area contributed by atoms with Crippen LogP contribution in [0, 0.1) is 0 Å². The van der Waals surface area contributed by atoms with E-state index in [2.05, 4.69) is 5.32 Å². The quantitative estimate of drug-likeness (QED) is 0.656. The van der Waals surface area contributed by atoms with Crippen LogP contribution in [0.4, 0.5) is 11.4 Å². The van der Waals surface area contributed by atoms with Gasteiger partial charge in [-0.3, -0.25) is 4.79 Å². The van der Waals surface area contributed by atoms with Crippen molar-refractivity contribution in [2.45, 2.75) is 0 Å². The fourth-order valence-corrected chi connectivity index (χ4v) is 2.64. The zero-order valence-electron chi connectivity index (χ0n) is 12.1. The molecule has 0 bridgehead atoms. The van der Waals surface area contributed by atoms with Gasteiger partial charge in [0.15, 0.2) is 0 Å². The van der Waals surface area contributed by atoms with Gasteiger partial charge in [-0.25, -0.2) is 0 Å². The number of nitrogens with one attached hydrogen (secondary N) is 1. The van der Waals surface area contributed by atoms with Gasteiger partial charge in [0.1, 0.15) is 0 Å². The number of hydrogen-bond acceptors (Lipinski definition) is 3. The van der Waals surface area contributed by atoms with Gasteiger partial charge >= 0.3 is 0 Å². The summed E-state index contributed by atoms with van der Waals surface area (Å²) < 4.78 is 0. The van der Waals surface area contributed by atoms with Gasteiger partial charge in [0, 0.05) is 31.0 Å². The number of nitrogens with two attached hydrogens (primary N) is 1. The van der Waals surface area contributed by atoms with Crippen LogP contribution in [-0.4, -0.2) is 24.9 Å². The van der Waals surface area contributed by atoms with E-state index in [0.29, 0.717) is 11.3 Å². The van der Waals surface area contributed by atoms with Crippen molar-refractivity contribution in [1.29, 1.82) is 0 Å². The van der Waals surface area contributed by atoms with Crippen molar-refractivity contribution in [3.05, 3.63) is 59.7 Å². The number of nitrogen functional groups attached to an aromatic ring is 1. The first-order chi connectivity index (χ1) is 10.1. The maximum absolute atomic E-state index is 12.4. The lowest BCUT2D eigenvalue weighted by atomic mass is 9.99. The SMILES string of the molecule is CN(C)C(=C1C(=O)Nc2ccc(N)cc21)c1ccccc1. The summed E-state index contributed by atoms with van der Waals surface area (Å²) in [6, 6.07) is 15.4. The van der Waals surface area contributed by atoms with E-state index < -0.39 is 0 Å². The van der Waals surface area contributed by atoms with Crippen molar-refractivity contribution < 1.29 is 4.79 Å². The third-order valence-electron chi connectivity index (χ3n) is 3.52. The van der Waals surface area contributed by atoms with Crippen LogP contribution in [-0.2, 0) is 4.79 Å². The molecule has 0 atom stereocenters. The van der Waals surface area contributed by atoms with Gasteiger partial charge in [-0.2, -0.15) is 0 Å². The van der Waals surface area contributed by atoms with Gasteiger partial charge in [-0.15, -0.1) is 0 Å². The zero-order chi connectivity index (χ0) is 15.0. The highest BCUT2D eigenvalue weighted by Gasteiger charge is 2.29. The second-order valence-corrected chi connectivity index (χ2v) is 5.24. The number of carbonyl (C=O) groups is 1. The van der Waals surface area contributed by atoms with Crippen LogP contribution < -0.4 is 11.1 Å². The molecule has 0 saturated heterocycles. The van der Waals surface area contributed by atoms with Gasteiger partial charge in [0.25, 0.3) is 5.91 Å². The van der Waals surface area contributed by atoms with Crippen molar-refractivity contribution in [1.82, 2.24) is 4.90 Å². The predicted octanol–water partition coefficient (Wildman–Crippen LogP) is 2.65. The molecule has 21 heavy (non-hydrogen) atoms. The van der Waals surface area contributed by atoms with Gasteiger partial charge in [0.2, 0.25) is 0 Å².